The lowest BCUT2D eigenvalue weighted by molar-refractivity contribution is -0.134. The lowest BCUT2D eigenvalue weighted by atomic mass is 10.0. The minimum Gasteiger partial charge on any atom is -0.375 e. The summed E-state index contributed by atoms with van der Waals surface area (Å²) in [6, 6.07) is 8.88. The predicted molar refractivity (Wildman–Crippen MR) is 102 cm³/mol. The minimum absolute atomic E-state index is 0.0464. The van der Waals surface area contributed by atoms with Gasteiger partial charge in [-0.3, -0.25) is 14.5 Å². The lowest BCUT2D eigenvalue weighted by Crippen LogP contribution is -2.47. The number of ether oxygens (including phenoxy) is 1. The number of carbonyl (C=O) groups is 2. The second-order valence-electron chi connectivity index (χ2n) is 8.37. The molecule has 1 aromatic carbocycles. The minimum atomic E-state index is -0.0464. The number of amides is 2. The molecule has 6 heteroatoms. The number of morpholine rings is 1. The Hall–Kier alpha value is -1.92. The number of benzene rings is 1. The van der Waals surface area contributed by atoms with E-state index in [0.29, 0.717) is 19.1 Å². The van der Waals surface area contributed by atoms with Crippen molar-refractivity contribution < 1.29 is 14.3 Å². The van der Waals surface area contributed by atoms with Gasteiger partial charge in [0, 0.05) is 45.2 Å². The average molecular weight is 371 g/mol. The van der Waals surface area contributed by atoms with Crippen LogP contribution in [0.2, 0.25) is 0 Å². The van der Waals surface area contributed by atoms with E-state index in [4.69, 9.17) is 4.74 Å². The number of carbonyl (C=O) groups excluding carboxylic acids is 2. The number of hydrogen-bond acceptors (Lipinski definition) is 4. The van der Waals surface area contributed by atoms with Crippen LogP contribution in [0.15, 0.2) is 24.3 Å². The topological polar surface area (TPSA) is 61.9 Å². The molecule has 2 aliphatic heterocycles. The Kier molecular flexibility index (Phi) is 5.19. The van der Waals surface area contributed by atoms with Crippen molar-refractivity contribution in [3.05, 3.63) is 35.4 Å². The van der Waals surface area contributed by atoms with Crippen LogP contribution < -0.4 is 5.32 Å². The molecule has 146 valence electrons. The fourth-order valence-electron chi connectivity index (χ4n) is 4.61. The van der Waals surface area contributed by atoms with Gasteiger partial charge in [-0.05, 0) is 30.4 Å². The second kappa shape index (κ2) is 7.60. The Bertz CT molecular complexity index is 695. The van der Waals surface area contributed by atoms with Gasteiger partial charge in [-0.15, -0.1) is 0 Å². The molecule has 6 nitrogen and oxygen atoms in total. The van der Waals surface area contributed by atoms with Crippen LogP contribution in [0.3, 0.4) is 0 Å². The fourth-order valence-corrected chi connectivity index (χ4v) is 4.61. The van der Waals surface area contributed by atoms with Gasteiger partial charge in [0.05, 0.1) is 19.1 Å². The molecule has 1 N–H and O–H groups in total. The maximum atomic E-state index is 12.7. The highest BCUT2D eigenvalue weighted by Crippen LogP contribution is 2.28. The van der Waals surface area contributed by atoms with E-state index >= 15 is 0 Å². The molecular formula is C21H29N3O3. The molecule has 3 aliphatic rings. The highest BCUT2D eigenvalue weighted by molar-refractivity contribution is 5.80. The zero-order chi connectivity index (χ0) is 19.0. The summed E-state index contributed by atoms with van der Waals surface area (Å²) in [5, 5.41) is 3.27. The molecule has 0 spiro atoms. The van der Waals surface area contributed by atoms with Crippen molar-refractivity contribution in [2.75, 3.05) is 33.8 Å². The largest absolute Gasteiger partial charge is 0.375 e. The summed E-state index contributed by atoms with van der Waals surface area (Å²) in [4.78, 5) is 28.7. The molecule has 1 aliphatic carbocycles. The van der Waals surface area contributed by atoms with Crippen LogP contribution in [-0.2, 0) is 27.2 Å². The molecule has 1 aromatic rings. The first kappa shape index (κ1) is 18.4. The van der Waals surface area contributed by atoms with Crippen LogP contribution in [0.4, 0.5) is 0 Å². The zero-order valence-corrected chi connectivity index (χ0v) is 16.2. The number of fused-ring (bicyclic) bond motifs is 2. The summed E-state index contributed by atoms with van der Waals surface area (Å²) < 4.78 is 5.91. The van der Waals surface area contributed by atoms with Crippen LogP contribution in [0, 0.1) is 5.92 Å². The maximum absolute atomic E-state index is 12.7. The van der Waals surface area contributed by atoms with E-state index in [1.54, 1.807) is 19.0 Å². The molecule has 2 amide bonds. The van der Waals surface area contributed by atoms with Gasteiger partial charge in [-0.2, -0.15) is 0 Å². The maximum Gasteiger partial charge on any atom is 0.224 e. The van der Waals surface area contributed by atoms with E-state index in [-0.39, 0.29) is 29.9 Å². The summed E-state index contributed by atoms with van der Waals surface area (Å²) in [5.74, 6) is 0.335. The third-order valence-electron chi connectivity index (χ3n) is 6.16. The first-order valence-corrected chi connectivity index (χ1v) is 9.92. The smallest absolute Gasteiger partial charge is 0.224 e. The third kappa shape index (κ3) is 4.01. The van der Waals surface area contributed by atoms with Crippen molar-refractivity contribution in [1.29, 1.82) is 0 Å². The molecule has 2 heterocycles. The van der Waals surface area contributed by atoms with Crippen LogP contribution >= 0.6 is 0 Å². The molecular weight excluding hydrogens is 342 g/mol. The van der Waals surface area contributed by atoms with E-state index < -0.39 is 0 Å². The number of nitrogens with zero attached hydrogens (tertiary/aromatic N) is 2. The normalized spacial score (nSPS) is 27.9. The Morgan fingerprint density at radius 1 is 1.19 bits per heavy atom. The van der Waals surface area contributed by atoms with Crippen LogP contribution in [0.25, 0.3) is 0 Å². The molecule has 2 fully saturated rings. The van der Waals surface area contributed by atoms with Crippen molar-refractivity contribution in [3.8, 4) is 0 Å². The molecule has 0 saturated carbocycles. The van der Waals surface area contributed by atoms with E-state index in [1.807, 2.05) is 12.1 Å². The van der Waals surface area contributed by atoms with Gasteiger partial charge >= 0.3 is 0 Å². The fraction of sp³-hybridized carbons (Fsp3) is 0.619. The molecule has 4 rings (SSSR count). The Labute approximate surface area is 160 Å². The number of rotatable bonds is 4. The first-order chi connectivity index (χ1) is 13.0. The first-order valence-electron chi connectivity index (χ1n) is 9.92. The summed E-state index contributed by atoms with van der Waals surface area (Å²) in [7, 11) is 3.55. The Morgan fingerprint density at radius 3 is 2.56 bits per heavy atom. The molecule has 27 heavy (non-hydrogen) atoms. The monoisotopic (exact) mass is 371 g/mol. The standard InChI is InChI=1S/C21H29N3O3/c1-23(2)20(25)10-19-12-24-11-17(9-18(24)13-27-19)22-21(26)16-7-14-5-3-4-6-15(14)8-16/h3-6,16-19H,7-13H2,1-2H3,(H,22,26)/t17-,18-,19-/m0/s1. The summed E-state index contributed by atoms with van der Waals surface area (Å²) in [5.41, 5.74) is 2.62. The van der Waals surface area contributed by atoms with Gasteiger partial charge in [0.15, 0.2) is 0 Å². The molecule has 2 saturated heterocycles. The summed E-state index contributed by atoms with van der Waals surface area (Å²) in [6.45, 7) is 2.27. The van der Waals surface area contributed by atoms with Crippen molar-refractivity contribution in [1.82, 2.24) is 15.1 Å². The molecule has 0 radical (unpaired) electrons. The van der Waals surface area contributed by atoms with Crippen LogP contribution in [-0.4, -0.2) is 73.6 Å². The summed E-state index contributed by atoms with van der Waals surface area (Å²) >= 11 is 0. The summed E-state index contributed by atoms with van der Waals surface area (Å²) in [6.07, 6.45) is 3.00. The van der Waals surface area contributed by atoms with Crippen molar-refractivity contribution in [2.45, 2.75) is 43.9 Å². The van der Waals surface area contributed by atoms with E-state index in [1.165, 1.54) is 11.1 Å². The molecule has 0 bridgehead atoms. The van der Waals surface area contributed by atoms with E-state index in [2.05, 4.69) is 22.3 Å². The van der Waals surface area contributed by atoms with E-state index in [0.717, 1.165) is 32.4 Å². The second-order valence-corrected chi connectivity index (χ2v) is 8.37. The van der Waals surface area contributed by atoms with Gasteiger partial charge in [-0.1, -0.05) is 24.3 Å². The van der Waals surface area contributed by atoms with Gasteiger partial charge < -0.3 is 15.0 Å². The van der Waals surface area contributed by atoms with E-state index in [9.17, 15) is 9.59 Å². The average Bonchev–Trinajstić information content (AvgIpc) is 3.24. The Morgan fingerprint density at radius 2 is 1.89 bits per heavy atom. The number of hydrogen-bond donors (Lipinski definition) is 1. The SMILES string of the molecule is CN(C)C(=O)C[C@H]1CN2C[C@@H](NC(=O)C3Cc4ccccc4C3)C[C@H]2CO1. The lowest BCUT2D eigenvalue weighted by Gasteiger charge is -2.35. The van der Waals surface area contributed by atoms with Crippen molar-refractivity contribution in [2.24, 2.45) is 5.92 Å². The van der Waals surface area contributed by atoms with Crippen molar-refractivity contribution >= 4 is 11.8 Å². The Balaban J connectivity index is 1.28. The van der Waals surface area contributed by atoms with Gasteiger partial charge in [0.2, 0.25) is 11.8 Å². The van der Waals surface area contributed by atoms with Gasteiger partial charge in [0.1, 0.15) is 0 Å². The van der Waals surface area contributed by atoms with Crippen molar-refractivity contribution in [3.63, 3.8) is 0 Å². The zero-order valence-electron chi connectivity index (χ0n) is 16.2. The van der Waals surface area contributed by atoms with Gasteiger partial charge in [0.25, 0.3) is 0 Å². The molecule has 3 atom stereocenters. The molecule has 0 unspecified atom stereocenters. The predicted octanol–water partition coefficient (Wildman–Crippen LogP) is 0.838. The highest BCUT2D eigenvalue weighted by Gasteiger charge is 2.39. The quantitative estimate of drug-likeness (QED) is 0.852. The van der Waals surface area contributed by atoms with Gasteiger partial charge in [-0.25, -0.2) is 0 Å². The highest BCUT2D eigenvalue weighted by atomic mass is 16.5. The number of nitrogens with one attached hydrogen (secondary N) is 1. The van der Waals surface area contributed by atoms with Crippen LogP contribution in [0.5, 0.6) is 0 Å². The molecule has 0 aromatic heterocycles. The third-order valence-corrected chi connectivity index (χ3v) is 6.16. The van der Waals surface area contributed by atoms with Crippen LogP contribution in [0.1, 0.15) is 24.0 Å².